The van der Waals surface area contributed by atoms with Gasteiger partial charge in [0.05, 0.1) is 11.4 Å². The quantitative estimate of drug-likeness (QED) is 0.285. The SMILES string of the molecule is Cc1ccccc1-n1nc(C)c(-c2ccccc2)c1NC(=O)CN(CC(C)C)C(=O)Nc1cccc(F)c1. The minimum Gasteiger partial charge on any atom is -0.315 e. The number of nitrogens with zero attached hydrogens (tertiary/aromatic N) is 3. The molecule has 2 N–H and O–H groups in total. The molecule has 4 aromatic rings. The van der Waals surface area contributed by atoms with Gasteiger partial charge in [0, 0.05) is 17.8 Å². The van der Waals surface area contributed by atoms with Crippen molar-refractivity contribution in [1.29, 1.82) is 0 Å². The molecule has 1 aromatic heterocycles. The molecule has 38 heavy (non-hydrogen) atoms. The molecule has 0 bridgehead atoms. The van der Waals surface area contributed by atoms with E-state index in [1.165, 1.54) is 23.1 Å². The Bertz CT molecular complexity index is 1430. The molecule has 0 radical (unpaired) electrons. The highest BCUT2D eigenvalue weighted by Gasteiger charge is 2.24. The fraction of sp³-hybridized carbons (Fsp3) is 0.233. The van der Waals surface area contributed by atoms with Crippen LogP contribution in [0.25, 0.3) is 16.8 Å². The lowest BCUT2D eigenvalue weighted by molar-refractivity contribution is -0.116. The number of rotatable bonds is 8. The van der Waals surface area contributed by atoms with Gasteiger partial charge in [-0.05, 0) is 55.2 Å². The molecule has 0 atom stereocenters. The number of halogens is 1. The summed E-state index contributed by atoms with van der Waals surface area (Å²) in [5.41, 5.74) is 4.66. The van der Waals surface area contributed by atoms with Crippen molar-refractivity contribution in [2.24, 2.45) is 5.92 Å². The Balaban J connectivity index is 1.65. The minimum absolute atomic E-state index is 0.112. The summed E-state index contributed by atoms with van der Waals surface area (Å²) in [6, 6.07) is 22.7. The number of hydrogen-bond donors (Lipinski definition) is 2. The van der Waals surface area contributed by atoms with Gasteiger partial charge in [0.1, 0.15) is 18.2 Å². The fourth-order valence-electron chi connectivity index (χ4n) is 4.34. The minimum atomic E-state index is -0.480. The zero-order valence-corrected chi connectivity index (χ0v) is 22.0. The largest absolute Gasteiger partial charge is 0.322 e. The Morgan fingerprint density at radius 1 is 0.947 bits per heavy atom. The Labute approximate surface area is 222 Å². The molecule has 3 aromatic carbocycles. The average Bonchev–Trinajstić information content (AvgIpc) is 3.19. The van der Waals surface area contributed by atoms with Crippen molar-refractivity contribution in [3.05, 3.63) is 95.9 Å². The summed E-state index contributed by atoms with van der Waals surface area (Å²) in [6.07, 6.45) is 0. The Morgan fingerprint density at radius 3 is 2.34 bits per heavy atom. The predicted molar refractivity (Wildman–Crippen MR) is 149 cm³/mol. The van der Waals surface area contributed by atoms with Gasteiger partial charge in [0.25, 0.3) is 0 Å². The van der Waals surface area contributed by atoms with Crippen LogP contribution >= 0.6 is 0 Å². The molecule has 0 saturated carbocycles. The molecule has 1 heterocycles. The van der Waals surface area contributed by atoms with Crippen molar-refractivity contribution < 1.29 is 14.0 Å². The van der Waals surface area contributed by atoms with E-state index in [1.807, 2.05) is 82.3 Å². The van der Waals surface area contributed by atoms with Crippen LogP contribution in [0.2, 0.25) is 0 Å². The Morgan fingerprint density at radius 2 is 1.66 bits per heavy atom. The van der Waals surface area contributed by atoms with E-state index in [1.54, 1.807) is 10.7 Å². The number of nitrogens with one attached hydrogen (secondary N) is 2. The molecule has 8 heteroatoms. The first-order valence-corrected chi connectivity index (χ1v) is 12.6. The summed E-state index contributed by atoms with van der Waals surface area (Å²) >= 11 is 0. The first kappa shape index (κ1) is 26.6. The van der Waals surface area contributed by atoms with Crippen molar-refractivity contribution in [2.45, 2.75) is 27.7 Å². The molecule has 0 saturated heterocycles. The second kappa shape index (κ2) is 11.7. The maximum atomic E-state index is 13.6. The highest BCUT2D eigenvalue weighted by Crippen LogP contribution is 2.34. The maximum absolute atomic E-state index is 13.6. The van der Waals surface area contributed by atoms with Crippen LogP contribution in [0.4, 0.5) is 20.7 Å². The van der Waals surface area contributed by atoms with Crippen molar-refractivity contribution in [1.82, 2.24) is 14.7 Å². The summed E-state index contributed by atoms with van der Waals surface area (Å²) in [5.74, 6) is -0.181. The van der Waals surface area contributed by atoms with E-state index < -0.39 is 11.8 Å². The number of aromatic nitrogens is 2. The normalized spacial score (nSPS) is 10.9. The van der Waals surface area contributed by atoms with Gasteiger partial charge < -0.3 is 15.5 Å². The van der Waals surface area contributed by atoms with Crippen molar-refractivity contribution in [3.8, 4) is 16.8 Å². The van der Waals surface area contributed by atoms with Crippen LogP contribution in [0.15, 0.2) is 78.9 Å². The van der Waals surface area contributed by atoms with E-state index in [0.29, 0.717) is 18.1 Å². The molecule has 7 nitrogen and oxygen atoms in total. The van der Waals surface area contributed by atoms with Gasteiger partial charge in [-0.15, -0.1) is 0 Å². The number of hydrogen-bond acceptors (Lipinski definition) is 3. The summed E-state index contributed by atoms with van der Waals surface area (Å²) in [5, 5.41) is 10.5. The maximum Gasteiger partial charge on any atom is 0.322 e. The standard InChI is InChI=1S/C30H32FN5O2/c1-20(2)18-35(30(38)32-25-15-10-14-24(31)17-25)19-27(37)33-29-28(23-12-6-5-7-13-23)22(4)34-36(29)26-16-9-8-11-21(26)3/h5-17,20H,18-19H2,1-4H3,(H,32,38)(H,33,37). The molecule has 0 aliphatic rings. The van der Waals surface area contributed by atoms with Crippen LogP contribution in [0.3, 0.4) is 0 Å². The highest BCUT2D eigenvalue weighted by atomic mass is 19.1. The number of carbonyl (C=O) groups is 2. The number of para-hydroxylation sites is 1. The van der Waals surface area contributed by atoms with E-state index in [0.717, 1.165) is 28.1 Å². The molecule has 0 aliphatic carbocycles. The second-order valence-corrected chi connectivity index (χ2v) is 9.64. The first-order chi connectivity index (χ1) is 18.2. The van der Waals surface area contributed by atoms with Gasteiger partial charge in [-0.3, -0.25) is 4.79 Å². The van der Waals surface area contributed by atoms with E-state index in [2.05, 4.69) is 10.6 Å². The van der Waals surface area contributed by atoms with Gasteiger partial charge in [-0.25, -0.2) is 13.9 Å². The number of benzene rings is 3. The van der Waals surface area contributed by atoms with Crippen molar-refractivity contribution in [2.75, 3.05) is 23.7 Å². The Kier molecular flexibility index (Phi) is 8.21. The van der Waals surface area contributed by atoms with Crippen LogP contribution in [0, 0.1) is 25.6 Å². The summed E-state index contributed by atoms with van der Waals surface area (Å²) < 4.78 is 15.4. The van der Waals surface area contributed by atoms with Gasteiger partial charge >= 0.3 is 6.03 Å². The van der Waals surface area contributed by atoms with E-state index in [4.69, 9.17) is 5.10 Å². The third-order valence-corrected chi connectivity index (χ3v) is 6.01. The molecular formula is C30H32FN5O2. The summed E-state index contributed by atoms with van der Waals surface area (Å²) in [4.78, 5) is 27.9. The lowest BCUT2D eigenvalue weighted by Gasteiger charge is -2.24. The number of carbonyl (C=O) groups excluding carboxylic acids is 2. The van der Waals surface area contributed by atoms with Gasteiger partial charge in [0.15, 0.2) is 0 Å². The molecule has 4 rings (SSSR count). The average molecular weight is 514 g/mol. The number of anilines is 2. The molecule has 0 spiro atoms. The fourth-order valence-corrected chi connectivity index (χ4v) is 4.34. The zero-order chi connectivity index (χ0) is 27.2. The zero-order valence-electron chi connectivity index (χ0n) is 22.0. The van der Waals surface area contributed by atoms with Crippen molar-refractivity contribution in [3.63, 3.8) is 0 Å². The van der Waals surface area contributed by atoms with Gasteiger partial charge in [-0.2, -0.15) is 5.10 Å². The highest BCUT2D eigenvalue weighted by molar-refractivity contribution is 5.99. The van der Waals surface area contributed by atoms with E-state index in [-0.39, 0.29) is 18.4 Å². The second-order valence-electron chi connectivity index (χ2n) is 9.64. The first-order valence-electron chi connectivity index (χ1n) is 12.6. The lowest BCUT2D eigenvalue weighted by Crippen LogP contribution is -2.42. The summed E-state index contributed by atoms with van der Waals surface area (Å²) in [6.45, 7) is 7.97. The van der Waals surface area contributed by atoms with E-state index >= 15 is 0 Å². The van der Waals surface area contributed by atoms with Crippen LogP contribution in [0.1, 0.15) is 25.1 Å². The van der Waals surface area contributed by atoms with Gasteiger partial charge in [0.2, 0.25) is 5.91 Å². The third kappa shape index (κ3) is 6.26. The molecule has 0 aliphatic heterocycles. The Hall–Kier alpha value is -4.46. The number of amides is 3. The molecule has 196 valence electrons. The van der Waals surface area contributed by atoms with E-state index in [9.17, 15) is 14.0 Å². The molecule has 3 amide bonds. The number of aryl methyl sites for hydroxylation is 2. The third-order valence-electron chi connectivity index (χ3n) is 6.01. The van der Waals surface area contributed by atoms with Crippen LogP contribution in [-0.2, 0) is 4.79 Å². The monoisotopic (exact) mass is 513 g/mol. The smallest absolute Gasteiger partial charge is 0.315 e. The van der Waals surface area contributed by atoms with Gasteiger partial charge in [-0.1, -0.05) is 68.4 Å². The summed E-state index contributed by atoms with van der Waals surface area (Å²) in [7, 11) is 0. The molecule has 0 fully saturated rings. The van der Waals surface area contributed by atoms with Crippen LogP contribution in [0.5, 0.6) is 0 Å². The predicted octanol–water partition coefficient (Wildman–Crippen LogP) is 6.42. The van der Waals surface area contributed by atoms with Crippen LogP contribution in [-0.4, -0.2) is 39.7 Å². The molecule has 0 unspecified atom stereocenters. The lowest BCUT2D eigenvalue weighted by atomic mass is 10.1. The number of urea groups is 1. The topological polar surface area (TPSA) is 79.3 Å². The van der Waals surface area contributed by atoms with Crippen molar-refractivity contribution >= 4 is 23.4 Å². The molecular weight excluding hydrogens is 481 g/mol. The van der Waals surface area contributed by atoms with Crippen LogP contribution < -0.4 is 10.6 Å².